The maximum atomic E-state index is 12.3. The van der Waals surface area contributed by atoms with Crippen LogP contribution in [-0.2, 0) is 11.3 Å². The minimum atomic E-state index is -0.863. The third-order valence-corrected chi connectivity index (χ3v) is 3.77. The van der Waals surface area contributed by atoms with Crippen LogP contribution in [0, 0.1) is 0 Å². The number of hydrogen-bond acceptors (Lipinski definition) is 3. The molecule has 2 rings (SSSR count). The Hall–Kier alpha value is -2.34. The zero-order valence-electron chi connectivity index (χ0n) is 12.8. The molecule has 23 heavy (non-hydrogen) atoms. The number of hydrogen-bond donors (Lipinski definition) is 1. The molecule has 0 spiro atoms. The van der Waals surface area contributed by atoms with Gasteiger partial charge < -0.3 is 10.0 Å². The Balaban J connectivity index is 1.97. The third-order valence-electron chi connectivity index (χ3n) is 3.40. The molecule has 1 aromatic carbocycles. The molecule has 2 aromatic rings. The van der Waals surface area contributed by atoms with Crippen molar-refractivity contribution in [1.82, 2.24) is 14.7 Å². The average Bonchev–Trinajstić information content (AvgIpc) is 2.97. The van der Waals surface area contributed by atoms with Gasteiger partial charge in [-0.15, -0.1) is 0 Å². The summed E-state index contributed by atoms with van der Waals surface area (Å²) in [5.41, 5.74) is 1.39. The van der Waals surface area contributed by atoms with Crippen LogP contribution >= 0.6 is 11.6 Å². The fourth-order valence-electron chi connectivity index (χ4n) is 2.15. The number of carbonyl (C=O) groups is 2. The van der Waals surface area contributed by atoms with Gasteiger partial charge in [-0.2, -0.15) is 5.10 Å². The summed E-state index contributed by atoms with van der Waals surface area (Å²) >= 11 is 6.11. The van der Waals surface area contributed by atoms with E-state index in [0.717, 1.165) is 5.56 Å². The molecule has 1 N–H and O–H groups in total. The minimum absolute atomic E-state index is 0.0450. The number of amides is 1. The molecule has 1 aromatic heterocycles. The first-order valence-electron chi connectivity index (χ1n) is 7.20. The lowest BCUT2D eigenvalue weighted by Gasteiger charge is -2.15. The predicted octanol–water partition coefficient (Wildman–Crippen LogP) is 2.52. The molecule has 0 aliphatic rings. The van der Waals surface area contributed by atoms with Gasteiger partial charge in [0.05, 0.1) is 18.3 Å². The van der Waals surface area contributed by atoms with Crippen LogP contribution in [0.2, 0.25) is 5.02 Å². The summed E-state index contributed by atoms with van der Waals surface area (Å²) in [5.74, 6) is -1.04. The number of carboxylic acids is 1. The van der Waals surface area contributed by atoms with Crippen molar-refractivity contribution in [3.8, 4) is 0 Å². The standard InChI is InChI=1S/C16H18ClN3O3/c1-19(8-4-7-15(21)22)16(23)13-9-18-20(11-13)10-12-5-2-3-6-14(12)17/h2-3,5-6,9,11H,4,7-8,10H2,1H3,(H,21,22). The van der Waals surface area contributed by atoms with Crippen LogP contribution in [0.3, 0.4) is 0 Å². The van der Waals surface area contributed by atoms with E-state index in [4.69, 9.17) is 16.7 Å². The Bertz CT molecular complexity index is 699. The lowest BCUT2D eigenvalue weighted by atomic mass is 10.2. The van der Waals surface area contributed by atoms with Gasteiger partial charge in [0.2, 0.25) is 0 Å². The van der Waals surface area contributed by atoms with Gasteiger partial charge in [0.25, 0.3) is 5.91 Å². The van der Waals surface area contributed by atoms with Gasteiger partial charge in [0, 0.05) is 31.2 Å². The maximum absolute atomic E-state index is 12.3. The summed E-state index contributed by atoms with van der Waals surface area (Å²) in [6, 6.07) is 7.47. The van der Waals surface area contributed by atoms with E-state index in [1.54, 1.807) is 17.9 Å². The van der Waals surface area contributed by atoms with Gasteiger partial charge in [-0.1, -0.05) is 29.8 Å². The summed E-state index contributed by atoms with van der Waals surface area (Å²) in [6.45, 7) is 0.872. The summed E-state index contributed by atoms with van der Waals surface area (Å²) in [7, 11) is 1.65. The number of rotatable bonds is 7. The van der Waals surface area contributed by atoms with Gasteiger partial charge in [-0.25, -0.2) is 0 Å². The number of carboxylic acid groups (broad SMARTS) is 1. The summed E-state index contributed by atoms with van der Waals surface area (Å²) in [5, 5.41) is 13.5. The summed E-state index contributed by atoms with van der Waals surface area (Å²) in [4.78, 5) is 24.2. The zero-order chi connectivity index (χ0) is 16.8. The van der Waals surface area contributed by atoms with E-state index in [9.17, 15) is 9.59 Å². The Kier molecular flexibility index (Phi) is 5.76. The second-order valence-corrected chi connectivity index (χ2v) is 5.65. The number of carbonyl (C=O) groups excluding carboxylic acids is 1. The van der Waals surface area contributed by atoms with Crippen LogP contribution in [0.4, 0.5) is 0 Å². The monoisotopic (exact) mass is 335 g/mol. The van der Waals surface area contributed by atoms with Crippen molar-refractivity contribution < 1.29 is 14.7 Å². The molecule has 0 radical (unpaired) electrons. The number of halogens is 1. The molecule has 1 amide bonds. The Morgan fingerprint density at radius 1 is 1.35 bits per heavy atom. The lowest BCUT2D eigenvalue weighted by molar-refractivity contribution is -0.137. The van der Waals surface area contributed by atoms with Crippen LogP contribution in [0.1, 0.15) is 28.8 Å². The third kappa shape index (κ3) is 4.82. The summed E-state index contributed by atoms with van der Waals surface area (Å²) in [6.07, 6.45) is 3.64. The minimum Gasteiger partial charge on any atom is -0.481 e. The fourth-order valence-corrected chi connectivity index (χ4v) is 2.35. The maximum Gasteiger partial charge on any atom is 0.303 e. The Morgan fingerprint density at radius 3 is 2.78 bits per heavy atom. The van der Waals surface area contributed by atoms with Gasteiger partial charge in [-0.05, 0) is 18.1 Å². The van der Waals surface area contributed by atoms with Crippen molar-refractivity contribution in [2.45, 2.75) is 19.4 Å². The van der Waals surface area contributed by atoms with Crippen LogP contribution < -0.4 is 0 Å². The quantitative estimate of drug-likeness (QED) is 0.843. The molecule has 6 nitrogen and oxygen atoms in total. The van der Waals surface area contributed by atoms with Gasteiger partial charge in [0.15, 0.2) is 0 Å². The Morgan fingerprint density at radius 2 is 2.09 bits per heavy atom. The first-order chi connectivity index (χ1) is 11.0. The van der Waals surface area contributed by atoms with Crippen LogP contribution in [0.15, 0.2) is 36.7 Å². The van der Waals surface area contributed by atoms with Gasteiger partial charge in [0.1, 0.15) is 0 Å². The molecule has 0 saturated carbocycles. The van der Waals surface area contributed by atoms with E-state index in [-0.39, 0.29) is 12.3 Å². The highest BCUT2D eigenvalue weighted by molar-refractivity contribution is 6.31. The molecule has 0 aliphatic carbocycles. The van der Waals surface area contributed by atoms with Crippen LogP contribution in [0.25, 0.3) is 0 Å². The van der Waals surface area contributed by atoms with Crippen molar-refractivity contribution in [1.29, 1.82) is 0 Å². The highest BCUT2D eigenvalue weighted by atomic mass is 35.5. The van der Waals surface area contributed by atoms with E-state index >= 15 is 0 Å². The summed E-state index contributed by atoms with van der Waals surface area (Å²) < 4.78 is 1.65. The highest BCUT2D eigenvalue weighted by Crippen LogP contribution is 2.16. The van der Waals surface area contributed by atoms with E-state index in [2.05, 4.69) is 5.10 Å². The molecule has 0 saturated heterocycles. The second-order valence-electron chi connectivity index (χ2n) is 5.24. The van der Waals surface area contributed by atoms with E-state index < -0.39 is 5.97 Å². The zero-order valence-corrected chi connectivity index (χ0v) is 13.5. The molecular weight excluding hydrogens is 318 g/mol. The first kappa shape index (κ1) is 17.0. The average molecular weight is 336 g/mol. The molecule has 1 heterocycles. The van der Waals surface area contributed by atoms with Crippen molar-refractivity contribution in [3.63, 3.8) is 0 Å². The number of nitrogens with zero attached hydrogens (tertiary/aromatic N) is 3. The number of aliphatic carboxylic acids is 1. The molecule has 0 bridgehead atoms. The van der Waals surface area contributed by atoms with E-state index in [1.165, 1.54) is 11.1 Å². The van der Waals surface area contributed by atoms with E-state index in [0.29, 0.717) is 30.1 Å². The highest BCUT2D eigenvalue weighted by Gasteiger charge is 2.14. The molecule has 0 aliphatic heterocycles. The Labute approximate surface area is 139 Å². The molecular formula is C16H18ClN3O3. The SMILES string of the molecule is CN(CCCC(=O)O)C(=O)c1cnn(Cc2ccccc2Cl)c1. The molecule has 7 heteroatoms. The van der Waals surface area contributed by atoms with Gasteiger partial charge in [-0.3, -0.25) is 14.3 Å². The smallest absolute Gasteiger partial charge is 0.303 e. The largest absolute Gasteiger partial charge is 0.481 e. The van der Waals surface area contributed by atoms with Crippen molar-refractivity contribution in [2.75, 3.05) is 13.6 Å². The molecule has 122 valence electrons. The van der Waals surface area contributed by atoms with Crippen molar-refractivity contribution in [2.24, 2.45) is 0 Å². The van der Waals surface area contributed by atoms with E-state index in [1.807, 2.05) is 24.3 Å². The fraction of sp³-hybridized carbons (Fsp3) is 0.312. The lowest BCUT2D eigenvalue weighted by Crippen LogP contribution is -2.27. The normalized spacial score (nSPS) is 10.5. The van der Waals surface area contributed by atoms with Gasteiger partial charge >= 0.3 is 5.97 Å². The topological polar surface area (TPSA) is 75.4 Å². The number of benzene rings is 1. The first-order valence-corrected chi connectivity index (χ1v) is 7.58. The number of aromatic nitrogens is 2. The second kappa shape index (κ2) is 7.78. The predicted molar refractivity (Wildman–Crippen MR) is 86.6 cm³/mol. The molecule has 0 unspecified atom stereocenters. The van der Waals surface area contributed by atoms with Crippen LogP contribution in [0.5, 0.6) is 0 Å². The van der Waals surface area contributed by atoms with Crippen molar-refractivity contribution >= 4 is 23.5 Å². The molecule has 0 fully saturated rings. The van der Waals surface area contributed by atoms with Crippen LogP contribution in [-0.4, -0.2) is 45.3 Å². The molecule has 0 atom stereocenters. The van der Waals surface area contributed by atoms with Crippen molar-refractivity contribution in [3.05, 3.63) is 52.8 Å².